The standard InChI is InChI=1S/C15H22N2O2/c18-15(10-9-14-8-4-5-11-16-14)17-19-12-13-6-2-1-3-7-13/h1-3,6-7,14,16H,4-5,8-12H2,(H,17,18). The molecule has 4 nitrogen and oxygen atoms in total. The third kappa shape index (κ3) is 5.41. The molecule has 104 valence electrons. The number of nitrogens with one attached hydrogen (secondary N) is 2. The molecule has 1 saturated heterocycles. The lowest BCUT2D eigenvalue weighted by molar-refractivity contribution is -0.134. The van der Waals surface area contributed by atoms with Crippen molar-refractivity contribution in [1.82, 2.24) is 10.8 Å². The lowest BCUT2D eigenvalue weighted by Gasteiger charge is -2.22. The summed E-state index contributed by atoms with van der Waals surface area (Å²) >= 11 is 0. The van der Waals surface area contributed by atoms with Crippen LogP contribution < -0.4 is 10.8 Å². The molecule has 2 rings (SSSR count). The molecule has 1 aliphatic rings. The number of piperidine rings is 1. The summed E-state index contributed by atoms with van der Waals surface area (Å²) in [5, 5.41) is 3.44. The van der Waals surface area contributed by atoms with Gasteiger partial charge in [0.15, 0.2) is 0 Å². The van der Waals surface area contributed by atoms with Crippen LogP contribution in [0.25, 0.3) is 0 Å². The van der Waals surface area contributed by atoms with Gasteiger partial charge in [0, 0.05) is 12.5 Å². The molecule has 0 bridgehead atoms. The number of hydrogen-bond acceptors (Lipinski definition) is 3. The first kappa shape index (κ1) is 14.0. The highest BCUT2D eigenvalue weighted by Gasteiger charge is 2.13. The van der Waals surface area contributed by atoms with Crippen molar-refractivity contribution in [3.05, 3.63) is 35.9 Å². The largest absolute Gasteiger partial charge is 0.314 e. The van der Waals surface area contributed by atoms with Gasteiger partial charge < -0.3 is 5.32 Å². The summed E-state index contributed by atoms with van der Waals surface area (Å²) < 4.78 is 0. The Morgan fingerprint density at radius 1 is 1.32 bits per heavy atom. The molecule has 0 saturated carbocycles. The van der Waals surface area contributed by atoms with E-state index >= 15 is 0 Å². The van der Waals surface area contributed by atoms with Gasteiger partial charge in [-0.3, -0.25) is 9.63 Å². The highest BCUT2D eigenvalue weighted by molar-refractivity contribution is 5.74. The van der Waals surface area contributed by atoms with Crippen LogP contribution >= 0.6 is 0 Å². The molecule has 0 radical (unpaired) electrons. The van der Waals surface area contributed by atoms with Gasteiger partial charge in [-0.1, -0.05) is 36.8 Å². The number of amides is 1. The molecule has 0 aromatic heterocycles. The molecule has 1 heterocycles. The molecule has 1 unspecified atom stereocenters. The van der Waals surface area contributed by atoms with Crippen LogP contribution in [0.2, 0.25) is 0 Å². The van der Waals surface area contributed by atoms with E-state index in [0.717, 1.165) is 18.5 Å². The van der Waals surface area contributed by atoms with Gasteiger partial charge in [0.25, 0.3) is 0 Å². The minimum absolute atomic E-state index is 0.0386. The fraction of sp³-hybridized carbons (Fsp3) is 0.533. The average Bonchev–Trinajstić information content (AvgIpc) is 2.47. The van der Waals surface area contributed by atoms with E-state index < -0.39 is 0 Å². The first-order valence-corrected chi connectivity index (χ1v) is 7.02. The van der Waals surface area contributed by atoms with Crippen LogP contribution in [-0.2, 0) is 16.2 Å². The molecule has 0 aliphatic carbocycles. The normalized spacial score (nSPS) is 19.1. The van der Waals surface area contributed by atoms with E-state index in [1.165, 1.54) is 19.3 Å². The van der Waals surface area contributed by atoms with E-state index in [4.69, 9.17) is 4.84 Å². The molecule has 1 aromatic rings. The minimum atomic E-state index is -0.0386. The molecule has 0 spiro atoms. The monoisotopic (exact) mass is 262 g/mol. The zero-order valence-corrected chi connectivity index (χ0v) is 11.2. The Morgan fingerprint density at radius 2 is 2.16 bits per heavy atom. The Balaban J connectivity index is 1.57. The summed E-state index contributed by atoms with van der Waals surface area (Å²) in [6.07, 6.45) is 5.11. The van der Waals surface area contributed by atoms with Crippen molar-refractivity contribution in [3.8, 4) is 0 Å². The Labute approximate surface area is 114 Å². The molecule has 2 N–H and O–H groups in total. The van der Waals surface area contributed by atoms with Gasteiger partial charge in [-0.25, -0.2) is 5.48 Å². The van der Waals surface area contributed by atoms with Gasteiger partial charge in [-0.15, -0.1) is 0 Å². The van der Waals surface area contributed by atoms with Crippen molar-refractivity contribution in [3.63, 3.8) is 0 Å². The first-order valence-electron chi connectivity index (χ1n) is 7.02. The number of rotatable bonds is 6. The second-order valence-corrected chi connectivity index (χ2v) is 4.99. The van der Waals surface area contributed by atoms with Gasteiger partial charge in [-0.05, 0) is 31.4 Å². The minimum Gasteiger partial charge on any atom is -0.314 e. The quantitative estimate of drug-likeness (QED) is 0.772. The summed E-state index contributed by atoms with van der Waals surface area (Å²) in [5.74, 6) is -0.0386. The van der Waals surface area contributed by atoms with Crippen LogP contribution in [0.15, 0.2) is 30.3 Å². The Hall–Kier alpha value is -1.39. The zero-order chi connectivity index (χ0) is 13.3. The molecule has 1 aromatic carbocycles. The summed E-state index contributed by atoms with van der Waals surface area (Å²) in [6, 6.07) is 10.3. The van der Waals surface area contributed by atoms with Crippen molar-refractivity contribution in [1.29, 1.82) is 0 Å². The summed E-state index contributed by atoms with van der Waals surface area (Å²) in [4.78, 5) is 16.8. The number of benzene rings is 1. The van der Waals surface area contributed by atoms with Crippen molar-refractivity contribution in [2.24, 2.45) is 0 Å². The van der Waals surface area contributed by atoms with Crippen LogP contribution in [-0.4, -0.2) is 18.5 Å². The third-order valence-corrected chi connectivity index (χ3v) is 3.40. The lowest BCUT2D eigenvalue weighted by Crippen LogP contribution is -2.35. The SMILES string of the molecule is O=C(CCC1CCCCN1)NOCc1ccccc1. The molecule has 4 heteroatoms. The van der Waals surface area contributed by atoms with Crippen molar-refractivity contribution in [2.45, 2.75) is 44.8 Å². The molecule has 19 heavy (non-hydrogen) atoms. The smallest absolute Gasteiger partial charge is 0.243 e. The maximum absolute atomic E-state index is 11.6. The number of carbonyl (C=O) groups is 1. The number of hydroxylamine groups is 1. The Morgan fingerprint density at radius 3 is 2.89 bits per heavy atom. The predicted octanol–water partition coefficient (Wildman–Crippen LogP) is 2.16. The fourth-order valence-electron chi connectivity index (χ4n) is 2.30. The molecule has 1 amide bonds. The molecule has 1 atom stereocenters. The molecule has 1 aliphatic heterocycles. The van der Waals surface area contributed by atoms with Gasteiger partial charge >= 0.3 is 0 Å². The molecular weight excluding hydrogens is 240 g/mol. The summed E-state index contributed by atoms with van der Waals surface area (Å²) in [7, 11) is 0. The third-order valence-electron chi connectivity index (χ3n) is 3.40. The molecule has 1 fully saturated rings. The predicted molar refractivity (Wildman–Crippen MR) is 74.2 cm³/mol. The van der Waals surface area contributed by atoms with Crippen LogP contribution in [0, 0.1) is 0 Å². The maximum atomic E-state index is 11.6. The van der Waals surface area contributed by atoms with Crippen molar-refractivity contribution >= 4 is 5.91 Å². The van der Waals surface area contributed by atoms with E-state index in [0.29, 0.717) is 19.1 Å². The fourth-order valence-corrected chi connectivity index (χ4v) is 2.30. The first-order chi connectivity index (χ1) is 9.34. The highest BCUT2D eigenvalue weighted by atomic mass is 16.6. The van der Waals surface area contributed by atoms with Crippen LogP contribution in [0.5, 0.6) is 0 Å². The zero-order valence-electron chi connectivity index (χ0n) is 11.2. The number of hydrogen-bond donors (Lipinski definition) is 2. The Bertz CT molecular complexity index is 375. The van der Waals surface area contributed by atoms with E-state index in [1.54, 1.807) is 0 Å². The summed E-state index contributed by atoms with van der Waals surface area (Å²) in [6.45, 7) is 1.49. The van der Waals surface area contributed by atoms with Crippen LogP contribution in [0.1, 0.15) is 37.7 Å². The second-order valence-electron chi connectivity index (χ2n) is 4.99. The number of carbonyl (C=O) groups excluding carboxylic acids is 1. The van der Waals surface area contributed by atoms with E-state index in [2.05, 4.69) is 10.8 Å². The van der Waals surface area contributed by atoms with Crippen molar-refractivity contribution < 1.29 is 9.63 Å². The van der Waals surface area contributed by atoms with E-state index in [1.807, 2.05) is 30.3 Å². The average molecular weight is 262 g/mol. The highest BCUT2D eigenvalue weighted by Crippen LogP contribution is 2.11. The topological polar surface area (TPSA) is 50.4 Å². The molecular formula is C15H22N2O2. The maximum Gasteiger partial charge on any atom is 0.243 e. The van der Waals surface area contributed by atoms with Crippen molar-refractivity contribution in [2.75, 3.05) is 6.54 Å². The summed E-state index contributed by atoms with van der Waals surface area (Å²) in [5.41, 5.74) is 3.56. The van der Waals surface area contributed by atoms with E-state index in [-0.39, 0.29) is 5.91 Å². The lowest BCUT2D eigenvalue weighted by atomic mass is 10.0. The van der Waals surface area contributed by atoms with Gasteiger partial charge in [-0.2, -0.15) is 0 Å². The Kier molecular flexibility index (Phi) is 5.85. The van der Waals surface area contributed by atoms with Crippen LogP contribution in [0.3, 0.4) is 0 Å². The van der Waals surface area contributed by atoms with Gasteiger partial charge in [0.05, 0.1) is 6.61 Å². The second kappa shape index (κ2) is 7.92. The van der Waals surface area contributed by atoms with E-state index in [9.17, 15) is 4.79 Å². The van der Waals surface area contributed by atoms with Gasteiger partial charge in [0.1, 0.15) is 0 Å². The van der Waals surface area contributed by atoms with Crippen LogP contribution in [0.4, 0.5) is 0 Å². The van der Waals surface area contributed by atoms with Gasteiger partial charge in [0.2, 0.25) is 5.91 Å².